The number of benzene rings is 3. The number of carbonyl (C=O) groups is 2. The molecule has 0 heterocycles. The first-order chi connectivity index (χ1) is 17.0. The molecule has 0 aliphatic rings. The van der Waals surface area contributed by atoms with Crippen LogP contribution < -0.4 is 15.0 Å². The molecule has 188 valence electrons. The number of hydrogen-bond donors (Lipinski definition) is 2. The van der Waals surface area contributed by atoms with Gasteiger partial charge < -0.3 is 5.32 Å². The molecule has 3 rings (SSSR count). The summed E-state index contributed by atoms with van der Waals surface area (Å²) in [4.78, 5) is 24.3. The molecule has 0 aliphatic carbocycles. The second kappa shape index (κ2) is 11.2. The van der Waals surface area contributed by atoms with Gasteiger partial charge >= 0.3 is 0 Å². The van der Waals surface area contributed by atoms with Crippen LogP contribution in [0.25, 0.3) is 0 Å². The van der Waals surface area contributed by atoms with Crippen LogP contribution in [0.3, 0.4) is 0 Å². The lowest BCUT2D eigenvalue weighted by atomic mass is 10.1. The van der Waals surface area contributed by atoms with Crippen molar-refractivity contribution in [3.05, 3.63) is 89.0 Å². The van der Waals surface area contributed by atoms with Crippen LogP contribution >= 0.6 is 0 Å². The fourth-order valence-corrected chi connectivity index (χ4v) is 5.11. The molecule has 3 aromatic rings. The summed E-state index contributed by atoms with van der Waals surface area (Å²) in [5.41, 5.74) is 7.31. The minimum Gasteiger partial charge on any atom is -0.326 e. The Morgan fingerprint density at radius 3 is 2.19 bits per heavy atom. The van der Waals surface area contributed by atoms with Gasteiger partial charge in [0.05, 0.1) is 16.3 Å². The number of sulfonamides is 1. The second-order valence-electron chi connectivity index (χ2n) is 8.61. The van der Waals surface area contributed by atoms with E-state index in [1.54, 1.807) is 49.4 Å². The SMILES string of the molecule is CC(=O)Nc1cccc(/C(C)=N\NC(=O)CN(c2ccc(C)cc2C)S(=O)(=O)c2ccc(C)cc2)c1. The number of hydrogen-bond acceptors (Lipinski definition) is 5. The molecule has 9 heteroatoms. The lowest BCUT2D eigenvalue weighted by Gasteiger charge is -2.25. The van der Waals surface area contributed by atoms with E-state index >= 15 is 0 Å². The normalized spacial score (nSPS) is 11.6. The fourth-order valence-electron chi connectivity index (χ4n) is 3.62. The Bertz CT molecular complexity index is 1410. The maximum Gasteiger partial charge on any atom is 0.264 e. The standard InChI is InChI=1S/C27H30N4O4S/c1-18-9-12-25(13-10-18)36(34,35)31(26-14-11-19(2)15-20(26)3)17-27(33)30-29-21(4)23-7-6-8-24(16-23)28-22(5)32/h6-16H,17H2,1-5H3,(H,28,32)(H,30,33)/b29-21-. The molecule has 36 heavy (non-hydrogen) atoms. The van der Waals surface area contributed by atoms with E-state index in [1.165, 1.54) is 19.1 Å². The molecule has 0 saturated carbocycles. The topological polar surface area (TPSA) is 108 Å². The Morgan fingerprint density at radius 1 is 0.889 bits per heavy atom. The highest BCUT2D eigenvalue weighted by Gasteiger charge is 2.28. The van der Waals surface area contributed by atoms with E-state index in [1.807, 2.05) is 32.9 Å². The molecule has 2 amide bonds. The summed E-state index contributed by atoms with van der Waals surface area (Å²) in [7, 11) is -4.03. The highest BCUT2D eigenvalue weighted by atomic mass is 32.2. The molecule has 0 fully saturated rings. The number of anilines is 2. The molecule has 0 radical (unpaired) electrons. The Balaban J connectivity index is 1.88. The zero-order chi connectivity index (χ0) is 26.5. The molecule has 0 aliphatic heterocycles. The molecule has 3 aromatic carbocycles. The first-order valence-electron chi connectivity index (χ1n) is 11.3. The predicted octanol–water partition coefficient (Wildman–Crippen LogP) is 4.31. The van der Waals surface area contributed by atoms with Crippen molar-refractivity contribution < 1.29 is 18.0 Å². The molecular weight excluding hydrogens is 476 g/mol. The van der Waals surface area contributed by atoms with Crippen molar-refractivity contribution in [2.45, 2.75) is 39.5 Å². The first-order valence-corrected chi connectivity index (χ1v) is 12.8. The third-order valence-electron chi connectivity index (χ3n) is 5.47. The number of nitrogens with zero attached hydrogens (tertiary/aromatic N) is 2. The summed E-state index contributed by atoms with van der Waals surface area (Å²) < 4.78 is 28.3. The van der Waals surface area contributed by atoms with Crippen molar-refractivity contribution in [1.82, 2.24) is 5.43 Å². The average Bonchev–Trinajstić information content (AvgIpc) is 2.81. The van der Waals surface area contributed by atoms with Crippen LogP contribution in [-0.2, 0) is 19.6 Å². The van der Waals surface area contributed by atoms with Gasteiger partial charge in [-0.15, -0.1) is 0 Å². The van der Waals surface area contributed by atoms with E-state index in [2.05, 4.69) is 15.8 Å². The molecule has 0 aromatic heterocycles. The summed E-state index contributed by atoms with van der Waals surface area (Å²) in [5.74, 6) is -0.792. The summed E-state index contributed by atoms with van der Waals surface area (Å²) in [6, 6.07) is 18.9. The number of nitrogens with one attached hydrogen (secondary N) is 2. The van der Waals surface area contributed by atoms with Gasteiger partial charge in [0.2, 0.25) is 5.91 Å². The Hall–Kier alpha value is -3.98. The Morgan fingerprint density at radius 2 is 1.56 bits per heavy atom. The molecule has 0 saturated heterocycles. The van der Waals surface area contributed by atoms with Gasteiger partial charge in [0.15, 0.2) is 0 Å². The summed E-state index contributed by atoms with van der Waals surface area (Å²) in [5, 5.41) is 6.85. The third-order valence-corrected chi connectivity index (χ3v) is 7.24. The van der Waals surface area contributed by atoms with E-state index in [0.717, 1.165) is 21.0 Å². The summed E-state index contributed by atoms with van der Waals surface area (Å²) in [6.45, 7) is 8.27. The number of carbonyl (C=O) groups excluding carboxylic acids is 2. The van der Waals surface area contributed by atoms with Gasteiger partial charge in [-0.05, 0) is 69.2 Å². The minimum atomic E-state index is -4.03. The van der Waals surface area contributed by atoms with Gasteiger partial charge in [0.1, 0.15) is 6.54 Å². The van der Waals surface area contributed by atoms with Gasteiger partial charge in [-0.25, -0.2) is 13.8 Å². The molecule has 2 N–H and O–H groups in total. The van der Waals surface area contributed by atoms with Gasteiger partial charge in [-0.1, -0.05) is 47.5 Å². The quantitative estimate of drug-likeness (QED) is 0.351. The van der Waals surface area contributed by atoms with Crippen molar-refractivity contribution in [3.63, 3.8) is 0 Å². The molecule has 0 bridgehead atoms. The van der Waals surface area contributed by atoms with Crippen molar-refractivity contribution in [3.8, 4) is 0 Å². The van der Waals surface area contributed by atoms with E-state index in [9.17, 15) is 18.0 Å². The van der Waals surface area contributed by atoms with Crippen molar-refractivity contribution in [2.24, 2.45) is 5.10 Å². The Labute approximate surface area is 212 Å². The van der Waals surface area contributed by atoms with E-state index in [0.29, 0.717) is 22.6 Å². The van der Waals surface area contributed by atoms with Crippen LogP contribution in [0.15, 0.2) is 76.7 Å². The van der Waals surface area contributed by atoms with Crippen molar-refractivity contribution in [1.29, 1.82) is 0 Å². The van der Waals surface area contributed by atoms with Gasteiger partial charge in [0.25, 0.3) is 15.9 Å². The monoisotopic (exact) mass is 506 g/mol. The number of aryl methyl sites for hydroxylation is 3. The molecule has 0 spiro atoms. The van der Waals surface area contributed by atoms with Gasteiger partial charge in [-0.3, -0.25) is 13.9 Å². The fraction of sp³-hybridized carbons (Fsp3) is 0.222. The largest absolute Gasteiger partial charge is 0.326 e. The average molecular weight is 507 g/mol. The van der Waals surface area contributed by atoms with Crippen LogP contribution in [0.2, 0.25) is 0 Å². The lowest BCUT2D eigenvalue weighted by Crippen LogP contribution is -2.40. The van der Waals surface area contributed by atoms with E-state index in [-0.39, 0.29) is 10.8 Å². The van der Waals surface area contributed by atoms with Crippen molar-refractivity contribution >= 4 is 38.9 Å². The zero-order valence-electron chi connectivity index (χ0n) is 21.0. The highest BCUT2D eigenvalue weighted by molar-refractivity contribution is 7.92. The van der Waals surface area contributed by atoms with E-state index in [4.69, 9.17) is 0 Å². The highest BCUT2D eigenvalue weighted by Crippen LogP contribution is 2.27. The summed E-state index contributed by atoms with van der Waals surface area (Å²) >= 11 is 0. The van der Waals surface area contributed by atoms with Crippen LogP contribution in [0.4, 0.5) is 11.4 Å². The smallest absolute Gasteiger partial charge is 0.264 e. The lowest BCUT2D eigenvalue weighted by molar-refractivity contribution is -0.119. The van der Waals surface area contributed by atoms with Crippen LogP contribution in [0, 0.1) is 20.8 Å². The molecule has 0 unspecified atom stereocenters. The maximum atomic E-state index is 13.6. The third kappa shape index (κ3) is 6.57. The van der Waals surface area contributed by atoms with Crippen LogP contribution in [0.5, 0.6) is 0 Å². The van der Waals surface area contributed by atoms with Gasteiger partial charge in [-0.2, -0.15) is 5.10 Å². The predicted molar refractivity (Wildman–Crippen MR) is 143 cm³/mol. The number of hydrazone groups is 1. The van der Waals surface area contributed by atoms with E-state index < -0.39 is 22.5 Å². The molecular formula is C27H30N4O4S. The first kappa shape index (κ1) is 26.6. The minimum absolute atomic E-state index is 0.0929. The van der Waals surface area contributed by atoms with Crippen molar-refractivity contribution in [2.75, 3.05) is 16.2 Å². The van der Waals surface area contributed by atoms with Crippen LogP contribution in [-0.4, -0.2) is 32.5 Å². The zero-order valence-corrected chi connectivity index (χ0v) is 21.8. The second-order valence-corrected chi connectivity index (χ2v) is 10.5. The number of amides is 2. The number of rotatable bonds is 8. The van der Waals surface area contributed by atoms with Gasteiger partial charge in [0, 0.05) is 12.6 Å². The Kier molecular flexibility index (Phi) is 8.26. The maximum absolute atomic E-state index is 13.6. The molecule has 0 atom stereocenters. The van der Waals surface area contributed by atoms with Crippen LogP contribution in [0.1, 0.15) is 36.1 Å². The molecule has 8 nitrogen and oxygen atoms in total. The summed E-state index contributed by atoms with van der Waals surface area (Å²) in [6.07, 6.45) is 0.